The second kappa shape index (κ2) is 5.45. The summed E-state index contributed by atoms with van der Waals surface area (Å²) in [5.74, 6) is -0.0909. The highest BCUT2D eigenvalue weighted by Crippen LogP contribution is 2.05. The van der Waals surface area contributed by atoms with Crippen molar-refractivity contribution in [1.29, 1.82) is 0 Å². The summed E-state index contributed by atoms with van der Waals surface area (Å²) in [6.45, 7) is 5.83. The molecule has 15 heavy (non-hydrogen) atoms. The van der Waals surface area contributed by atoms with E-state index in [0.717, 1.165) is 19.5 Å². The summed E-state index contributed by atoms with van der Waals surface area (Å²) in [7, 11) is 0. The minimum Gasteiger partial charge on any atom is -0.358 e. The van der Waals surface area contributed by atoms with Gasteiger partial charge < -0.3 is 20.0 Å². The average molecular weight is 212 g/mol. The average Bonchev–Trinajstić information content (AvgIpc) is 2.60. The first-order valence-corrected chi connectivity index (χ1v) is 4.99. The monoisotopic (exact) mass is 212 g/mol. The fraction of sp³-hybridized carbons (Fsp3) is 0.667. The normalized spacial score (nSPS) is 10.9. The van der Waals surface area contributed by atoms with Crippen molar-refractivity contribution in [3.05, 3.63) is 22.6 Å². The minimum absolute atomic E-state index is 0.0909. The molecule has 6 heteroatoms. The van der Waals surface area contributed by atoms with Crippen LogP contribution in [0.5, 0.6) is 0 Å². The summed E-state index contributed by atoms with van der Waals surface area (Å²) in [6, 6.07) is 0.474. The smallest absolute Gasteiger partial charge is 0.358 e. The third-order valence-electron chi connectivity index (χ3n) is 1.95. The van der Waals surface area contributed by atoms with Crippen molar-refractivity contribution in [3.8, 4) is 0 Å². The number of rotatable bonds is 6. The van der Waals surface area contributed by atoms with Crippen LogP contribution in [0.1, 0.15) is 20.3 Å². The molecule has 1 aromatic heterocycles. The van der Waals surface area contributed by atoms with Gasteiger partial charge in [-0.25, -0.2) is 0 Å². The highest BCUT2D eigenvalue weighted by atomic mass is 16.6. The van der Waals surface area contributed by atoms with Crippen LogP contribution >= 0.6 is 0 Å². The van der Waals surface area contributed by atoms with Crippen molar-refractivity contribution >= 4 is 5.82 Å². The highest BCUT2D eigenvalue weighted by molar-refractivity contribution is 5.12. The van der Waals surface area contributed by atoms with Gasteiger partial charge in [0.05, 0.1) is 0 Å². The van der Waals surface area contributed by atoms with Crippen LogP contribution in [0.15, 0.2) is 12.5 Å². The predicted molar refractivity (Wildman–Crippen MR) is 56.6 cm³/mol. The molecule has 0 saturated heterocycles. The third-order valence-corrected chi connectivity index (χ3v) is 1.95. The maximum absolute atomic E-state index is 10.4. The molecule has 0 radical (unpaired) electrons. The van der Waals surface area contributed by atoms with Gasteiger partial charge >= 0.3 is 5.82 Å². The van der Waals surface area contributed by atoms with Gasteiger partial charge in [-0.05, 0) is 22.9 Å². The Labute approximate surface area is 88.5 Å². The minimum atomic E-state index is -0.483. The van der Waals surface area contributed by atoms with Crippen molar-refractivity contribution in [3.63, 3.8) is 0 Å². The van der Waals surface area contributed by atoms with Gasteiger partial charge in [-0.2, -0.15) is 0 Å². The summed E-state index contributed by atoms with van der Waals surface area (Å²) < 4.78 is 1.74. The van der Waals surface area contributed by atoms with Crippen molar-refractivity contribution in [1.82, 2.24) is 14.9 Å². The molecular formula is C9H16N4O2. The molecule has 0 amide bonds. The molecular weight excluding hydrogens is 196 g/mol. The molecule has 0 fully saturated rings. The lowest BCUT2D eigenvalue weighted by Gasteiger charge is -2.06. The fourth-order valence-corrected chi connectivity index (χ4v) is 1.22. The molecule has 6 nitrogen and oxygen atoms in total. The van der Waals surface area contributed by atoms with Crippen molar-refractivity contribution in [2.45, 2.75) is 32.9 Å². The van der Waals surface area contributed by atoms with E-state index in [1.165, 1.54) is 12.5 Å². The van der Waals surface area contributed by atoms with E-state index in [9.17, 15) is 10.1 Å². The van der Waals surface area contributed by atoms with E-state index in [4.69, 9.17) is 0 Å². The Morgan fingerprint density at radius 2 is 2.40 bits per heavy atom. The molecule has 0 aliphatic heterocycles. The molecule has 1 N–H and O–H groups in total. The quantitative estimate of drug-likeness (QED) is 0.436. The molecule has 0 spiro atoms. The first kappa shape index (κ1) is 11.6. The Kier molecular flexibility index (Phi) is 4.23. The lowest BCUT2D eigenvalue weighted by atomic mass is 10.3. The number of nitro groups is 1. The van der Waals surface area contributed by atoms with E-state index < -0.39 is 4.92 Å². The molecule has 0 unspecified atom stereocenters. The molecule has 0 saturated carbocycles. The maximum Gasteiger partial charge on any atom is 0.381 e. The maximum atomic E-state index is 10.4. The standard InChI is InChI=1S/C9H16N4O2/c1-8(2)10-4-3-5-12-6-9(11-7-12)13(14)15/h6-8,10H,3-5H2,1-2H3. The Morgan fingerprint density at radius 3 is 2.93 bits per heavy atom. The summed E-state index contributed by atoms with van der Waals surface area (Å²) in [5.41, 5.74) is 0. The van der Waals surface area contributed by atoms with Crippen LogP contribution in [0, 0.1) is 10.1 Å². The molecule has 0 aromatic carbocycles. The molecule has 1 heterocycles. The van der Waals surface area contributed by atoms with Crippen molar-refractivity contribution in [2.24, 2.45) is 0 Å². The number of nitrogens with zero attached hydrogens (tertiary/aromatic N) is 3. The van der Waals surface area contributed by atoms with Gasteiger partial charge in [0, 0.05) is 12.6 Å². The third kappa shape index (κ3) is 4.07. The number of imidazole rings is 1. The van der Waals surface area contributed by atoms with E-state index in [1.54, 1.807) is 4.57 Å². The molecule has 1 aromatic rings. The molecule has 0 aliphatic rings. The van der Waals surface area contributed by atoms with Crippen molar-refractivity contribution in [2.75, 3.05) is 6.54 Å². The fourth-order valence-electron chi connectivity index (χ4n) is 1.22. The van der Waals surface area contributed by atoms with Crippen LogP contribution in [0.2, 0.25) is 0 Å². The Balaban J connectivity index is 2.29. The molecule has 84 valence electrons. The predicted octanol–water partition coefficient (Wildman–Crippen LogP) is 1.18. The van der Waals surface area contributed by atoms with Gasteiger partial charge in [-0.15, -0.1) is 0 Å². The van der Waals surface area contributed by atoms with Gasteiger partial charge in [0.2, 0.25) is 6.33 Å². The van der Waals surface area contributed by atoms with Crippen LogP contribution in [0.4, 0.5) is 5.82 Å². The van der Waals surface area contributed by atoms with E-state index in [0.29, 0.717) is 6.04 Å². The van der Waals surface area contributed by atoms with E-state index in [-0.39, 0.29) is 5.82 Å². The number of hydrogen-bond acceptors (Lipinski definition) is 4. The van der Waals surface area contributed by atoms with Crippen LogP contribution in [0.3, 0.4) is 0 Å². The number of nitrogens with one attached hydrogen (secondary N) is 1. The van der Waals surface area contributed by atoms with Gasteiger partial charge in [-0.3, -0.25) is 0 Å². The zero-order valence-corrected chi connectivity index (χ0v) is 9.01. The Morgan fingerprint density at radius 1 is 1.67 bits per heavy atom. The zero-order chi connectivity index (χ0) is 11.3. The molecule has 0 atom stereocenters. The first-order valence-electron chi connectivity index (χ1n) is 4.99. The van der Waals surface area contributed by atoms with Crippen LogP contribution in [0.25, 0.3) is 0 Å². The van der Waals surface area contributed by atoms with Crippen LogP contribution < -0.4 is 5.32 Å². The van der Waals surface area contributed by atoms with Crippen LogP contribution in [-0.4, -0.2) is 27.1 Å². The van der Waals surface area contributed by atoms with E-state index in [2.05, 4.69) is 24.1 Å². The van der Waals surface area contributed by atoms with Gasteiger partial charge in [-0.1, -0.05) is 13.8 Å². The van der Waals surface area contributed by atoms with E-state index in [1.807, 2.05) is 0 Å². The lowest BCUT2D eigenvalue weighted by molar-refractivity contribution is -0.389. The number of hydrogen-bond donors (Lipinski definition) is 1. The number of aryl methyl sites for hydroxylation is 1. The second-order valence-corrected chi connectivity index (χ2v) is 3.69. The summed E-state index contributed by atoms with van der Waals surface area (Å²) in [6.07, 6.45) is 3.88. The van der Waals surface area contributed by atoms with Crippen molar-refractivity contribution < 1.29 is 4.92 Å². The molecule has 1 rings (SSSR count). The summed E-state index contributed by atoms with van der Waals surface area (Å²) >= 11 is 0. The largest absolute Gasteiger partial charge is 0.381 e. The van der Waals surface area contributed by atoms with Gasteiger partial charge in [0.25, 0.3) is 0 Å². The van der Waals surface area contributed by atoms with Gasteiger partial charge in [0.15, 0.2) is 0 Å². The summed E-state index contributed by atoms with van der Waals surface area (Å²) in [4.78, 5) is 13.5. The number of aromatic nitrogens is 2. The Bertz CT molecular complexity index is 322. The van der Waals surface area contributed by atoms with E-state index >= 15 is 0 Å². The van der Waals surface area contributed by atoms with Crippen LogP contribution in [-0.2, 0) is 6.54 Å². The molecule has 0 bridgehead atoms. The first-order chi connectivity index (χ1) is 7.09. The van der Waals surface area contributed by atoms with Gasteiger partial charge in [0.1, 0.15) is 6.20 Å². The zero-order valence-electron chi connectivity index (χ0n) is 9.01. The highest BCUT2D eigenvalue weighted by Gasteiger charge is 2.08. The Hall–Kier alpha value is -1.43. The SMILES string of the molecule is CC(C)NCCCn1cnc([N+](=O)[O-])c1. The topological polar surface area (TPSA) is 73.0 Å². The molecule has 0 aliphatic carbocycles. The summed E-state index contributed by atoms with van der Waals surface area (Å²) in [5, 5.41) is 13.6. The second-order valence-electron chi connectivity index (χ2n) is 3.69. The lowest BCUT2D eigenvalue weighted by Crippen LogP contribution is -2.24.